The number of hydrogen-bond donors (Lipinski definition) is 1. The lowest BCUT2D eigenvalue weighted by molar-refractivity contribution is -0.137. The molecule has 1 aliphatic carbocycles. The smallest absolute Gasteiger partial charge is 0.303 e. The second kappa shape index (κ2) is 6.76. The van der Waals surface area contributed by atoms with Crippen LogP contribution >= 0.6 is 0 Å². The van der Waals surface area contributed by atoms with Crippen LogP contribution in [0.3, 0.4) is 0 Å². The average molecular weight is 388 g/mol. The summed E-state index contributed by atoms with van der Waals surface area (Å²) in [5.74, 6) is -0.866. The quantitative estimate of drug-likeness (QED) is 0.770. The molecule has 0 amide bonds. The summed E-state index contributed by atoms with van der Waals surface area (Å²) in [6.45, 7) is 3.87. The van der Waals surface area contributed by atoms with Gasteiger partial charge >= 0.3 is 5.97 Å². The lowest BCUT2D eigenvalue weighted by atomic mass is 10.0. The van der Waals surface area contributed by atoms with E-state index in [-0.39, 0.29) is 36.4 Å². The Morgan fingerprint density at radius 1 is 1.29 bits per heavy atom. The minimum Gasteiger partial charge on any atom is -0.487 e. The number of carboxylic acid groups (broad SMARTS) is 1. The summed E-state index contributed by atoms with van der Waals surface area (Å²) in [4.78, 5) is 10.8. The first-order valence-corrected chi connectivity index (χ1v) is 9.36. The van der Waals surface area contributed by atoms with Crippen molar-refractivity contribution in [2.24, 2.45) is 5.92 Å². The predicted octanol–water partition coefficient (Wildman–Crippen LogP) is 4.84. The Morgan fingerprint density at radius 3 is 2.79 bits per heavy atom. The van der Waals surface area contributed by atoms with Crippen LogP contribution in [0.5, 0.6) is 11.5 Å². The van der Waals surface area contributed by atoms with Crippen molar-refractivity contribution in [2.45, 2.75) is 51.2 Å². The molecule has 4 nitrogen and oxygen atoms in total. The van der Waals surface area contributed by atoms with Crippen LogP contribution in [-0.2, 0) is 17.8 Å². The van der Waals surface area contributed by atoms with E-state index >= 15 is 0 Å². The average Bonchev–Trinajstić information content (AvgIpc) is 3.26. The summed E-state index contributed by atoms with van der Waals surface area (Å²) in [7, 11) is 0. The summed E-state index contributed by atoms with van der Waals surface area (Å²) in [5, 5.41) is 8.85. The molecule has 6 heteroatoms. The van der Waals surface area contributed by atoms with Gasteiger partial charge in [-0.2, -0.15) is 0 Å². The highest BCUT2D eigenvalue weighted by atomic mass is 19.1. The van der Waals surface area contributed by atoms with Crippen molar-refractivity contribution in [3.05, 3.63) is 58.7 Å². The molecule has 1 aliphatic heterocycles. The molecule has 0 aromatic heterocycles. The minimum absolute atomic E-state index is 0.00247. The number of carboxylic acids is 1. The Hall–Kier alpha value is -2.63. The van der Waals surface area contributed by atoms with Crippen LogP contribution in [0.4, 0.5) is 8.78 Å². The third-order valence-corrected chi connectivity index (χ3v) is 5.33. The van der Waals surface area contributed by atoms with Crippen LogP contribution in [0.2, 0.25) is 0 Å². The maximum atomic E-state index is 14.5. The molecule has 2 aromatic rings. The monoisotopic (exact) mass is 388 g/mol. The fraction of sp³-hybridized carbons (Fsp3) is 0.409. The molecule has 28 heavy (non-hydrogen) atoms. The SMILES string of the molecule is CC1(C)Cc2cc(F)cc(COc3ccc(C4CC4CC(=O)O)cc3F)c2O1. The lowest BCUT2D eigenvalue weighted by Gasteiger charge is -2.18. The van der Waals surface area contributed by atoms with Gasteiger partial charge in [0, 0.05) is 24.0 Å². The van der Waals surface area contributed by atoms with E-state index in [1.807, 2.05) is 13.8 Å². The van der Waals surface area contributed by atoms with Gasteiger partial charge in [-0.1, -0.05) is 6.07 Å². The van der Waals surface area contributed by atoms with E-state index in [9.17, 15) is 13.6 Å². The molecule has 4 rings (SSSR count). The molecule has 2 unspecified atom stereocenters. The summed E-state index contributed by atoms with van der Waals surface area (Å²) in [6.07, 6.45) is 1.47. The van der Waals surface area contributed by atoms with Gasteiger partial charge in [0.2, 0.25) is 0 Å². The van der Waals surface area contributed by atoms with E-state index in [2.05, 4.69) is 0 Å². The van der Waals surface area contributed by atoms with Crippen LogP contribution in [0, 0.1) is 17.6 Å². The molecular formula is C22H22F2O4. The van der Waals surface area contributed by atoms with Crippen molar-refractivity contribution in [1.82, 2.24) is 0 Å². The van der Waals surface area contributed by atoms with E-state index in [0.717, 1.165) is 17.5 Å². The minimum atomic E-state index is -0.832. The number of benzene rings is 2. The molecule has 148 valence electrons. The van der Waals surface area contributed by atoms with Crippen molar-refractivity contribution >= 4 is 5.97 Å². The third-order valence-electron chi connectivity index (χ3n) is 5.33. The molecule has 1 heterocycles. The Kier molecular flexibility index (Phi) is 4.52. The summed E-state index contributed by atoms with van der Waals surface area (Å²) >= 11 is 0. The highest BCUT2D eigenvalue weighted by molar-refractivity contribution is 5.68. The van der Waals surface area contributed by atoms with Gasteiger partial charge in [-0.15, -0.1) is 0 Å². The predicted molar refractivity (Wildman–Crippen MR) is 98.6 cm³/mol. The fourth-order valence-electron chi connectivity index (χ4n) is 3.98. The van der Waals surface area contributed by atoms with E-state index < -0.39 is 17.4 Å². The van der Waals surface area contributed by atoms with E-state index in [1.165, 1.54) is 18.2 Å². The molecule has 1 N–H and O–H groups in total. The molecule has 1 fully saturated rings. The number of ether oxygens (including phenoxy) is 2. The normalized spacial score (nSPS) is 21.7. The Morgan fingerprint density at radius 2 is 2.07 bits per heavy atom. The van der Waals surface area contributed by atoms with Crippen LogP contribution < -0.4 is 9.47 Å². The molecule has 2 aromatic carbocycles. The van der Waals surface area contributed by atoms with Crippen LogP contribution in [-0.4, -0.2) is 16.7 Å². The van der Waals surface area contributed by atoms with E-state index in [1.54, 1.807) is 12.1 Å². The van der Waals surface area contributed by atoms with Gasteiger partial charge in [-0.25, -0.2) is 8.78 Å². The topological polar surface area (TPSA) is 55.8 Å². The first-order chi connectivity index (χ1) is 13.2. The van der Waals surface area contributed by atoms with Gasteiger partial charge in [0.25, 0.3) is 0 Å². The molecule has 2 aliphatic rings. The Balaban J connectivity index is 1.46. The number of aliphatic carboxylic acids is 1. The van der Waals surface area contributed by atoms with Crippen molar-refractivity contribution in [1.29, 1.82) is 0 Å². The highest BCUT2D eigenvalue weighted by Crippen LogP contribution is 2.50. The van der Waals surface area contributed by atoms with Crippen molar-refractivity contribution in [3.63, 3.8) is 0 Å². The van der Waals surface area contributed by atoms with Gasteiger partial charge in [-0.05, 0) is 61.9 Å². The van der Waals surface area contributed by atoms with Crippen LogP contribution in [0.1, 0.15) is 49.3 Å². The Labute approximate surface area is 162 Å². The number of halogens is 2. The molecular weight excluding hydrogens is 366 g/mol. The van der Waals surface area contributed by atoms with E-state index in [0.29, 0.717) is 17.7 Å². The number of hydrogen-bond acceptors (Lipinski definition) is 3. The van der Waals surface area contributed by atoms with Crippen LogP contribution in [0.25, 0.3) is 0 Å². The maximum absolute atomic E-state index is 14.5. The Bertz CT molecular complexity index is 938. The first kappa shape index (κ1) is 18.7. The van der Waals surface area contributed by atoms with Crippen molar-refractivity contribution in [2.75, 3.05) is 0 Å². The van der Waals surface area contributed by atoms with E-state index in [4.69, 9.17) is 14.6 Å². The second-order valence-corrected chi connectivity index (χ2v) is 8.27. The largest absolute Gasteiger partial charge is 0.487 e. The zero-order valence-corrected chi connectivity index (χ0v) is 15.8. The van der Waals surface area contributed by atoms with Crippen molar-refractivity contribution in [3.8, 4) is 11.5 Å². The summed E-state index contributed by atoms with van der Waals surface area (Å²) in [6, 6.07) is 7.53. The molecule has 2 atom stereocenters. The van der Waals surface area contributed by atoms with Gasteiger partial charge in [0.15, 0.2) is 11.6 Å². The lowest BCUT2D eigenvalue weighted by Crippen LogP contribution is -2.25. The van der Waals surface area contributed by atoms with Crippen molar-refractivity contribution < 1.29 is 28.2 Å². The molecule has 0 radical (unpaired) electrons. The molecule has 0 spiro atoms. The zero-order chi connectivity index (χ0) is 20.1. The fourth-order valence-corrected chi connectivity index (χ4v) is 3.98. The number of fused-ring (bicyclic) bond motifs is 1. The molecule has 0 saturated heterocycles. The molecule has 1 saturated carbocycles. The van der Waals surface area contributed by atoms with Gasteiger partial charge in [0.1, 0.15) is 23.8 Å². The summed E-state index contributed by atoms with van der Waals surface area (Å²) in [5.41, 5.74) is 1.72. The highest BCUT2D eigenvalue weighted by Gasteiger charge is 2.40. The second-order valence-electron chi connectivity index (χ2n) is 8.27. The van der Waals surface area contributed by atoms with Gasteiger partial charge in [-0.3, -0.25) is 4.79 Å². The third kappa shape index (κ3) is 3.81. The maximum Gasteiger partial charge on any atom is 0.303 e. The first-order valence-electron chi connectivity index (χ1n) is 9.36. The number of rotatable bonds is 6. The molecule has 0 bridgehead atoms. The standard InChI is InChI=1S/C22H22F2O4/c1-22(2)10-14-5-16(23)6-15(21(14)28-22)11-27-19-4-3-12(8-18(19)24)17-7-13(17)9-20(25)26/h3-6,8,13,17H,7,9-11H2,1-2H3,(H,25,26). The number of carbonyl (C=O) groups is 1. The zero-order valence-electron chi connectivity index (χ0n) is 15.8. The van der Waals surface area contributed by atoms with Gasteiger partial charge in [0.05, 0.1) is 0 Å². The van der Waals surface area contributed by atoms with Crippen LogP contribution in [0.15, 0.2) is 30.3 Å². The van der Waals surface area contributed by atoms with Gasteiger partial charge < -0.3 is 14.6 Å². The summed E-state index contributed by atoms with van der Waals surface area (Å²) < 4.78 is 39.9.